The molecule has 4 heterocycles. The van der Waals surface area contributed by atoms with Crippen LogP contribution in [0.3, 0.4) is 0 Å². The molecule has 2 aromatic rings. The van der Waals surface area contributed by atoms with Crippen LogP contribution in [0.25, 0.3) is 0 Å². The lowest BCUT2D eigenvalue weighted by Gasteiger charge is -2.23. The molecule has 2 saturated heterocycles. The van der Waals surface area contributed by atoms with Crippen molar-refractivity contribution in [2.75, 3.05) is 34.5 Å². The van der Waals surface area contributed by atoms with Gasteiger partial charge < -0.3 is 20.9 Å². The van der Waals surface area contributed by atoms with Crippen LogP contribution in [0.4, 0.5) is 11.4 Å². The van der Waals surface area contributed by atoms with Crippen molar-refractivity contribution in [2.45, 2.75) is 45.3 Å². The molecule has 2 aromatic heterocycles. The van der Waals surface area contributed by atoms with E-state index in [1.54, 1.807) is 30.7 Å². The first-order chi connectivity index (χ1) is 14.8. The molecular weight excluding hydrogens is 452 g/mol. The van der Waals surface area contributed by atoms with Gasteiger partial charge in [-0.2, -0.15) is 0 Å². The molecule has 0 bridgehead atoms. The summed E-state index contributed by atoms with van der Waals surface area (Å²) < 4.78 is 45.0. The number of nitrogen functional groups attached to an aromatic ring is 2. The molecule has 4 N–H and O–H groups in total. The topological polar surface area (TPSA) is 147 Å². The summed E-state index contributed by atoms with van der Waals surface area (Å²) in [6.07, 6.45) is 9.20. The third-order valence-electron chi connectivity index (χ3n) is 5.04. The molecule has 0 aliphatic carbocycles. The molecule has 4 rings (SSSR count). The van der Waals surface area contributed by atoms with E-state index in [1.165, 1.54) is 6.20 Å². The lowest BCUT2D eigenvalue weighted by molar-refractivity contribution is 0.190. The summed E-state index contributed by atoms with van der Waals surface area (Å²) in [5.41, 5.74) is 12.4. The van der Waals surface area contributed by atoms with Gasteiger partial charge in [0.1, 0.15) is 23.7 Å². The van der Waals surface area contributed by atoms with Crippen LogP contribution in [0.2, 0.25) is 0 Å². The van der Waals surface area contributed by atoms with Gasteiger partial charge in [-0.15, -0.1) is 0 Å². The first kappa shape index (κ1) is 25.9. The normalized spacial score (nSPS) is 22.5. The van der Waals surface area contributed by atoms with Gasteiger partial charge in [-0.3, -0.25) is 14.2 Å². The first-order valence-corrected chi connectivity index (χ1v) is 13.4. The minimum atomic E-state index is -2.84. The Morgan fingerprint density at radius 3 is 1.72 bits per heavy atom. The predicted molar refractivity (Wildman–Crippen MR) is 128 cm³/mol. The van der Waals surface area contributed by atoms with Gasteiger partial charge in [0, 0.05) is 46.8 Å². The average molecular weight is 485 g/mol. The van der Waals surface area contributed by atoms with Crippen molar-refractivity contribution in [1.29, 1.82) is 0 Å². The number of pyridine rings is 2. The van der Waals surface area contributed by atoms with Crippen LogP contribution in [0.15, 0.2) is 36.9 Å². The number of sulfone groups is 1. The Labute approximate surface area is 192 Å². The molecule has 0 atom stereocenters. The lowest BCUT2D eigenvalue weighted by atomic mass is 10.2. The average Bonchev–Trinajstić information content (AvgIpc) is 2.75. The van der Waals surface area contributed by atoms with Crippen molar-refractivity contribution < 1.29 is 22.1 Å². The number of aromatic nitrogens is 2. The zero-order valence-electron chi connectivity index (χ0n) is 17.2. The van der Waals surface area contributed by atoms with E-state index in [1.807, 2.05) is 0 Å². The molecule has 0 aromatic carbocycles. The minimum Gasteiger partial charge on any atom is -0.488 e. The Morgan fingerprint density at radius 1 is 0.844 bits per heavy atom. The summed E-state index contributed by atoms with van der Waals surface area (Å²) in [4.78, 5) is 7.76. The van der Waals surface area contributed by atoms with Crippen LogP contribution in [0, 0.1) is 0 Å². The summed E-state index contributed by atoms with van der Waals surface area (Å²) in [5, 5.41) is 0. The fraction of sp³-hybridized carbons (Fsp3) is 0.524. The quantitative estimate of drug-likeness (QED) is 0.666. The fourth-order valence-corrected chi connectivity index (χ4v) is 5.94. The highest BCUT2D eigenvalue weighted by atomic mass is 32.2. The van der Waals surface area contributed by atoms with Crippen molar-refractivity contribution in [3.8, 4) is 11.5 Å². The molecule has 0 radical (unpaired) electrons. The highest BCUT2D eigenvalue weighted by molar-refractivity contribution is 7.91. The van der Waals surface area contributed by atoms with Crippen LogP contribution in [-0.2, 0) is 20.6 Å². The summed E-state index contributed by atoms with van der Waals surface area (Å²) in [6.45, 7) is 0. The van der Waals surface area contributed by atoms with Gasteiger partial charge in [0.15, 0.2) is 9.84 Å². The van der Waals surface area contributed by atoms with E-state index in [0.717, 1.165) is 24.3 Å². The molecule has 32 heavy (non-hydrogen) atoms. The molecule has 9 nitrogen and oxygen atoms in total. The van der Waals surface area contributed by atoms with Gasteiger partial charge in [0.05, 0.1) is 35.3 Å². The third-order valence-corrected chi connectivity index (χ3v) is 8.14. The second-order valence-corrected chi connectivity index (χ2v) is 11.5. The molecule has 178 valence electrons. The second-order valence-electron chi connectivity index (χ2n) is 7.46. The van der Waals surface area contributed by atoms with E-state index in [9.17, 15) is 12.6 Å². The van der Waals surface area contributed by atoms with Crippen LogP contribution < -0.4 is 20.9 Å². The van der Waals surface area contributed by atoms with E-state index < -0.39 is 20.6 Å². The molecule has 2 fully saturated rings. The summed E-state index contributed by atoms with van der Waals surface area (Å²) in [7, 11) is -3.49. The van der Waals surface area contributed by atoms with E-state index in [2.05, 4.69) is 9.97 Å². The monoisotopic (exact) mass is 484 g/mol. The maximum absolute atomic E-state index is 11.2. The maximum atomic E-state index is 11.2. The SMILES string of the molecule is C.Nc1cnccc1OC1CCS(=O)(=O)CC1.Nc1cnccc1OC1CCS(=O)CC1. The van der Waals surface area contributed by atoms with Gasteiger partial charge in [0.25, 0.3) is 0 Å². The van der Waals surface area contributed by atoms with Gasteiger partial charge in [-0.25, -0.2) is 8.42 Å². The molecule has 2 aliphatic rings. The Morgan fingerprint density at radius 2 is 1.28 bits per heavy atom. The molecule has 0 amide bonds. The van der Waals surface area contributed by atoms with E-state index in [-0.39, 0.29) is 31.1 Å². The third kappa shape index (κ3) is 7.94. The Hall–Kier alpha value is -2.40. The highest BCUT2D eigenvalue weighted by Gasteiger charge is 2.25. The standard InChI is InChI=1S/C10H14N2O3S.C10H14N2O2S.CH4/c11-9-7-12-4-1-10(9)15-8-2-5-16(13,14)6-3-8;11-9-7-12-4-1-10(9)14-8-2-5-15(13)6-3-8;/h1,4,7-8H,2-3,5-6,11H2;1,4,7-8H,2-3,5-6,11H2;1H4. The van der Waals surface area contributed by atoms with Crippen LogP contribution in [0.5, 0.6) is 11.5 Å². The van der Waals surface area contributed by atoms with Crippen molar-refractivity contribution in [1.82, 2.24) is 9.97 Å². The largest absolute Gasteiger partial charge is 0.488 e. The van der Waals surface area contributed by atoms with Crippen molar-refractivity contribution >= 4 is 32.0 Å². The summed E-state index contributed by atoms with van der Waals surface area (Å²) >= 11 is 0. The maximum Gasteiger partial charge on any atom is 0.150 e. The van der Waals surface area contributed by atoms with E-state index in [4.69, 9.17) is 20.9 Å². The van der Waals surface area contributed by atoms with Crippen LogP contribution in [-0.4, -0.2) is 57.8 Å². The number of anilines is 2. The summed E-state index contributed by atoms with van der Waals surface area (Å²) in [5.74, 6) is 3.12. The molecule has 11 heteroatoms. The molecular formula is C21H32N4O5S2. The number of nitrogens with zero attached hydrogens (tertiary/aromatic N) is 2. The van der Waals surface area contributed by atoms with Gasteiger partial charge in [-0.1, -0.05) is 7.43 Å². The molecule has 2 aliphatic heterocycles. The lowest BCUT2D eigenvalue weighted by Crippen LogP contribution is -2.30. The second kappa shape index (κ2) is 12.0. The zero-order chi connectivity index (χ0) is 22.3. The van der Waals surface area contributed by atoms with Crippen LogP contribution in [0.1, 0.15) is 33.1 Å². The smallest absolute Gasteiger partial charge is 0.150 e. The minimum absolute atomic E-state index is 0. The summed E-state index contributed by atoms with van der Waals surface area (Å²) in [6, 6.07) is 3.46. The number of rotatable bonds is 4. The van der Waals surface area contributed by atoms with Gasteiger partial charge in [0.2, 0.25) is 0 Å². The Kier molecular flexibility index (Phi) is 9.70. The molecule has 0 spiro atoms. The van der Waals surface area contributed by atoms with Crippen LogP contribution >= 0.6 is 0 Å². The predicted octanol–water partition coefficient (Wildman–Crippen LogP) is 2.21. The van der Waals surface area contributed by atoms with E-state index in [0.29, 0.717) is 35.7 Å². The van der Waals surface area contributed by atoms with Crippen molar-refractivity contribution in [3.05, 3.63) is 36.9 Å². The van der Waals surface area contributed by atoms with Crippen molar-refractivity contribution in [2.24, 2.45) is 0 Å². The molecule has 0 saturated carbocycles. The number of nitrogens with two attached hydrogens (primary N) is 2. The van der Waals surface area contributed by atoms with Gasteiger partial charge >= 0.3 is 0 Å². The zero-order valence-corrected chi connectivity index (χ0v) is 18.8. The fourth-order valence-electron chi connectivity index (χ4n) is 3.24. The van der Waals surface area contributed by atoms with E-state index >= 15 is 0 Å². The number of hydrogen-bond donors (Lipinski definition) is 2. The molecule has 0 unspecified atom stereocenters. The highest BCUT2D eigenvalue weighted by Crippen LogP contribution is 2.25. The van der Waals surface area contributed by atoms with Gasteiger partial charge in [-0.05, 0) is 25.7 Å². The number of hydrogen-bond acceptors (Lipinski definition) is 9. The Bertz CT molecular complexity index is 979. The number of ether oxygens (including phenoxy) is 2. The van der Waals surface area contributed by atoms with Crippen molar-refractivity contribution in [3.63, 3.8) is 0 Å². The first-order valence-electron chi connectivity index (χ1n) is 10.1. The Balaban J connectivity index is 0.000000220.